The summed E-state index contributed by atoms with van der Waals surface area (Å²) in [7, 11) is 0. The Labute approximate surface area is 198 Å². The minimum absolute atomic E-state index is 0.811. The van der Waals surface area contributed by atoms with Crippen molar-refractivity contribution in [3.8, 4) is 0 Å². The smallest absolute Gasteiger partial charge is 0.331 e. The molecule has 40 heavy (non-hydrogen) atoms. The maximum absolute atomic E-state index is 13.3. The van der Waals surface area contributed by atoms with Crippen molar-refractivity contribution in [2.45, 2.75) is 72.3 Å². The first-order valence-corrected chi connectivity index (χ1v) is 8.01. The molecule has 0 unspecified atom stereocenters. The molecule has 0 aromatic heterocycles. The summed E-state index contributed by atoms with van der Waals surface area (Å²) in [6.45, 7) is 0. The maximum atomic E-state index is 13.3. The van der Waals surface area contributed by atoms with Gasteiger partial charge in [0.1, 0.15) is 0 Å². The number of hydrogen-bond acceptors (Lipinski definition) is 3. The first-order chi connectivity index (χ1) is 16.7. The third kappa shape index (κ3) is 5.37. The highest BCUT2D eigenvalue weighted by atomic mass is 19.4. The van der Waals surface area contributed by atoms with E-state index in [0.717, 1.165) is 9.47 Å². The summed E-state index contributed by atoms with van der Waals surface area (Å²) in [6, 6.07) is 0. The van der Waals surface area contributed by atoms with Crippen LogP contribution in [0.4, 0.5) is 110 Å². The van der Waals surface area contributed by atoms with Crippen molar-refractivity contribution in [1.82, 2.24) is 0 Å². The standard InChI is InChI=1S/C12HF25O3/c13-1(14,7(25,26)27)3(17,18)9(30,31)39-11(34,35)5(21,22)6(23,24)12(36,37)40-10(32,33)4(19,20)2(15,16)8(28,29)38/h38H. The highest BCUT2D eigenvalue weighted by Crippen LogP contribution is 2.61. The molecule has 0 aliphatic rings. The Hall–Kier alpha value is -1.87. The molecule has 0 heterocycles. The highest BCUT2D eigenvalue weighted by Gasteiger charge is 2.90. The molecular formula is C12HF25O3. The van der Waals surface area contributed by atoms with Crippen LogP contribution in [0.3, 0.4) is 0 Å². The summed E-state index contributed by atoms with van der Waals surface area (Å²) >= 11 is 0. The van der Waals surface area contributed by atoms with Gasteiger partial charge >= 0.3 is 72.3 Å². The number of halogens is 25. The third-order valence-corrected chi connectivity index (χ3v) is 3.89. The molecule has 0 spiro atoms. The Bertz CT molecular complexity index is 835. The molecule has 0 aromatic rings. The van der Waals surface area contributed by atoms with Crippen LogP contribution in [0.5, 0.6) is 0 Å². The molecule has 0 fully saturated rings. The van der Waals surface area contributed by atoms with Gasteiger partial charge in [-0.25, -0.2) is 9.47 Å². The van der Waals surface area contributed by atoms with Gasteiger partial charge in [0.25, 0.3) is 0 Å². The molecule has 0 saturated heterocycles. The SMILES string of the molecule is OC(F)(F)C(F)(F)C(F)(F)C(F)(F)OC(F)(F)C(F)(F)C(F)(F)C(F)(F)OC(F)(F)C(F)(F)C(F)(F)C(F)(F)F. The van der Waals surface area contributed by atoms with Crippen molar-refractivity contribution in [2.24, 2.45) is 0 Å². The van der Waals surface area contributed by atoms with Crippen molar-refractivity contribution in [1.29, 1.82) is 0 Å². The molecule has 0 bridgehead atoms. The number of hydrogen-bond donors (Lipinski definition) is 1. The van der Waals surface area contributed by atoms with Gasteiger partial charge in [0, 0.05) is 0 Å². The van der Waals surface area contributed by atoms with Crippen molar-refractivity contribution in [3.63, 3.8) is 0 Å². The summed E-state index contributed by atoms with van der Waals surface area (Å²) in [5.74, 6) is -51.2. The lowest BCUT2D eigenvalue weighted by Crippen LogP contribution is -2.70. The van der Waals surface area contributed by atoms with Crippen molar-refractivity contribution >= 4 is 0 Å². The van der Waals surface area contributed by atoms with E-state index in [0.29, 0.717) is 0 Å². The van der Waals surface area contributed by atoms with Crippen molar-refractivity contribution in [2.75, 3.05) is 0 Å². The lowest BCUT2D eigenvalue weighted by atomic mass is 10.1. The van der Waals surface area contributed by atoms with Crippen LogP contribution in [0.1, 0.15) is 0 Å². The van der Waals surface area contributed by atoms with E-state index in [1.807, 2.05) is 0 Å². The minimum Gasteiger partial charge on any atom is -0.331 e. The topological polar surface area (TPSA) is 38.7 Å². The zero-order chi connectivity index (χ0) is 33.4. The van der Waals surface area contributed by atoms with Crippen molar-refractivity contribution < 1.29 is 124 Å². The maximum Gasteiger partial charge on any atom is 0.460 e. The molecule has 1 N–H and O–H groups in total. The van der Waals surface area contributed by atoms with Crippen LogP contribution in [-0.4, -0.2) is 77.4 Å². The van der Waals surface area contributed by atoms with Crippen LogP contribution >= 0.6 is 0 Å². The van der Waals surface area contributed by atoms with Gasteiger partial charge in [-0.05, 0) is 0 Å². The van der Waals surface area contributed by atoms with Crippen LogP contribution in [0.2, 0.25) is 0 Å². The average molecular weight is 668 g/mol. The summed E-state index contributed by atoms with van der Waals surface area (Å²) in [4.78, 5) is 0. The summed E-state index contributed by atoms with van der Waals surface area (Å²) < 4.78 is 321. The number of ether oxygens (including phenoxy) is 2. The molecular weight excluding hydrogens is 667 g/mol. The largest absolute Gasteiger partial charge is 0.460 e. The molecule has 0 radical (unpaired) electrons. The van der Waals surface area contributed by atoms with Gasteiger partial charge in [-0.2, -0.15) is 110 Å². The Morgan fingerprint density at radius 1 is 0.275 bits per heavy atom. The number of aliphatic hydroxyl groups is 1. The van der Waals surface area contributed by atoms with Gasteiger partial charge in [0.15, 0.2) is 0 Å². The lowest BCUT2D eigenvalue weighted by molar-refractivity contribution is -0.547. The summed E-state index contributed by atoms with van der Waals surface area (Å²) in [6.07, 6.45) is -49.5. The van der Waals surface area contributed by atoms with Crippen LogP contribution in [0.15, 0.2) is 0 Å². The van der Waals surface area contributed by atoms with Gasteiger partial charge in [-0.1, -0.05) is 0 Å². The molecule has 0 aromatic carbocycles. The fraction of sp³-hybridized carbons (Fsp3) is 1.00. The van der Waals surface area contributed by atoms with Gasteiger partial charge in [-0.15, -0.1) is 0 Å². The van der Waals surface area contributed by atoms with E-state index >= 15 is 0 Å². The number of alkyl halides is 25. The molecule has 0 amide bonds. The molecule has 28 heteroatoms. The van der Waals surface area contributed by atoms with E-state index in [4.69, 9.17) is 5.11 Å². The van der Waals surface area contributed by atoms with Gasteiger partial charge in [0.2, 0.25) is 0 Å². The predicted molar refractivity (Wildman–Crippen MR) is 64.9 cm³/mol. The van der Waals surface area contributed by atoms with Gasteiger partial charge in [-0.3, -0.25) is 0 Å². The van der Waals surface area contributed by atoms with Crippen LogP contribution in [0, 0.1) is 0 Å². The first-order valence-electron chi connectivity index (χ1n) is 8.01. The van der Waals surface area contributed by atoms with E-state index in [1.54, 1.807) is 0 Å². The molecule has 0 atom stereocenters. The fourth-order valence-corrected chi connectivity index (χ4v) is 1.68. The van der Waals surface area contributed by atoms with Gasteiger partial charge in [0.05, 0.1) is 0 Å². The van der Waals surface area contributed by atoms with Crippen molar-refractivity contribution in [3.05, 3.63) is 0 Å². The zero-order valence-electron chi connectivity index (χ0n) is 16.7. The van der Waals surface area contributed by atoms with E-state index in [1.165, 1.54) is 0 Å². The zero-order valence-corrected chi connectivity index (χ0v) is 16.7. The van der Waals surface area contributed by atoms with E-state index in [9.17, 15) is 110 Å². The van der Waals surface area contributed by atoms with Gasteiger partial charge < -0.3 is 5.11 Å². The average Bonchev–Trinajstić information content (AvgIpc) is 2.63. The molecule has 0 saturated carbocycles. The minimum atomic E-state index is -8.95. The predicted octanol–water partition coefficient (Wildman–Crippen LogP) is 7.35. The summed E-state index contributed by atoms with van der Waals surface area (Å²) in [5.41, 5.74) is 0. The van der Waals surface area contributed by atoms with E-state index in [2.05, 4.69) is 0 Å². The second kappa shape index (κ2) is 9.32. The normalized spacial score (nSPS) is 16.9. The first kappa shape index (κ1) is 38.1. The summed E-state index contributed by atoms with van der Waals surface area (Å²) in [5, 5.41) is 7.44. The Balaban J connectivity index is 6.68. The molecule has 0 aliphatic carbocycles. The number of rotatable bonds is 12. The molecule has 0 aliphatic heterocycles. The Kier molecular flexibility index (Phi) is 8.88. The second-order valence-corrected chi connectivity index (χ2v) is 6.76. The molecule has 242 valence electrons. The van der Waals surface area contributed by atoms with E-state index < -0.39 is 72.3 Å². The van der Waals surface area contributed by atoms with Crippen LogP contribution in [0.25, 0.3) is 0 Å². The highest BCUT2D eigenvalue weighted by molar-refractivity contribution is 5.03. The monoisotopic (exact) mass is 668 g/mol. The molecule has 3 nitrogen and oxygen atoms in total. The van der Waals surface area contributed by atoms with E-state index in [-0.39, 0.29) is 0 Å². The molecule has 0 rings (SSSR count). The Morgan fingerprint density at radius 2 is 0.450 bits per heavy atom. The third-order valence-electron chi connectivity index (χ3n) is 3.89. The van der Waals surface area contributed by atoms with Crippen LogP contribution in [-0.2, 0) is 9.47 Å². The quantitative estimate of drug-likeness (QED) is 0.221. The fourth-order valence-electron chi connectivity index (χ4n) is 1.68. The lowest BCUT2D eigenvalue weighted by Gasteiger charge is -2.40. The Morgan fingerprint density at radius 3 is 0.625 bits per heavy atom. The second-order valence-electron chi connectivity index (χ2n) is 6.76. The van der Waals surface area contributed by atoms with Crippen LogP contribution < -0.4 is 0 Å².